The Bertz CT molecular complexity index is 416. The molecule has 0 aromatic carbocycles. The number of hydrogen-bond donors (Lipinski definition) is 2. The Morgan fingerprint density at radius 2 is 1.57 bits per heavy atom. The van der Waals surface area contributed by atoms with Gasteiger partial charge in [-0.3, -0.25) is 9.59 Å². The minimum absolute atomic E-state index is 0.132. The summed E-state index contributed by atoms with van der Waals surface area (Å²) in [6, 6.07) is 0. The van der Waals surface area contributed by atoms with E-state index in [1.807, 2.05) is 0 Å². The van der Waals surface area contributed by atoms with Crippen LogP contribution in [0.2, 0.25) is 0 Å². The number of carbonyl (C=O) groups excluding carboxylic acids is 2. The average Bonchev–Trinajstić information content (AvgIpc) is 3.23. The van der Waals surface area contributed by atoms with Crippen molar-refractivity contribution in [2.24, 2.45) is 17.8 Å². The van der Waals surface area contributed by atoms with E-state index in [4.69, 9.17) is 0 Å². The first kappa shape index (κ1) is 16.7. The lowest BCUT2D eigenvalue weighted by Crippen LogP contribution is -2.46. The standard InChI is InChI=1S/C18H31N3O2/c22-17(15-4-1-2-5-15)19-9-11-21-10-3-6-16(13-21)18(23)20-12-14-7-8-14/h14-16H,1-13H2,(H,19,22)(H,20,23)/t16-/m0/s1. The first-order valence-corrected chi connectivity index (χ1v) is 9.50. The van der Waals surface area contributed by atoms with Crippen molar-refractivity contribution in [2.45, 2.75) is 51.4 Å². The van der Waals surface area contributed by atoms with Crippen molar-refractivity contribution in [3.8, 4) is 0 Å². The van der Waals surface area contributed by atoms with E-state index in [0.29, 0.717) is 6.54 Å². The number of hydrogen-bond acceptors (Lipinski definition) is 3. The lowest BCUT2D eigenvalue weighted by atomic mass is 9.97. The lowest BCUT2D eigenvalue weighted by Gasteiger charge is -2.32. The molecule has 0 unspecified atom stereocenters. The van der Waals surface area contributed by atoms with E-state index < -0.39 is 0 Å². The Hall–Kier alpha value is -1.10. The molecule has 1 aliphatic heterocycles. The summed E-state index contributed by atoms with van der Waals surface area (Å²) in [6.07, 6.45) is 9.14. The Kier molecular flexibility index (Phi) is 5.92. The number of piperidine rings is 1. The molecular formula is C18H31N3O2. The van der Waals surface area contributed by atoms with E-state index in [-0.39, 0.29) is 23.7 Å². The number of rotatable bonds is 7. The highest BCUT2D eigenvalue weighted by atomic mass is 16.2. The molecule has 2 saturated carbocycles. The molecule has 3 rings (SSSR count). The third-order valence-electron chi connectivity index (χ3n) is 5.59. The zero-order chi connectivity index (χ0) is 16.1. The number of carbonyl (C=O) groups is 2. The van der Waals surface area contributed by atoms with E-state index >= 15 is 0 Å². The van der Waals surface area contributed by atoms with Crippen molar-refractivity contribution >= 4 is 11.8 Å². The Balaban J connectivity index is 1.32. The molecule has 0 radical (unpaired) electrons. The van der Waals surface area contributed by atoms with Gasteiger partial charge in [-0.15, -0.1) is 0 Å². The second-order valence-electron chi connectivity index (χ2n) is 7.60. The van der Waals surface area contributed by atoms with Crippen LogP contribution in [-0.4, -0.2) is 49.4 Å². The maximum absolute atomic E-state index is 12.2. The van der Waals surface area contributed by atoms with Crippen LogP contribution in [0.5, 0.6) is 0 Å². The van der Waals surface area contributed by atoms with Crippen molar-refractivity contribution in [2.75, 3.05) is 32.7 Å². The molecule has 1 saturated heterocycles. The van der Waals surface area contributed by atoms with Crippen LogP contribution in [0.25, 0.3) is 0 Å². The van der Waals surface area contributed by atoms with Crippen molar-refractivity contribution < 1.29 is 9.59 Å². The SMILES string of the molecule is O=C(NCCN1CCC[C@H](C(=O)NCC2CC2)C1)C1CCCC1. The fraction of sp³-hybridized carbons (Fsp3) is 0.889. The largest absolute Gasteiger partial charge is 0.356 e. The van der Waals surface area contributed by atoms with E-state index in [1.54, 1.807) is 0 Å². The van der Waals surface area contributed by atoms with Gasteiger partial charge in [0.25, 0.3) is 0 Å². The smallest absolute Gasteiger partial charge is 0.224 e. The molecule has 3 aliphatic rings. The molecule has 2 aliphatic carbocycles. The van der Waals surface area contributed by atoms with Gasteiger partial charge < -0.3 is 15.5 Å². The van der Waals surface area contributed by atoms with E-state index in [2.05, 4.69) is 15.5 Å². The second-order valence-corrected chi connectivity index (χ2v) is 7.60. The summed E-state index contributed by atoms with van der Waals surface area (Å²) in [5, 5.41) is 6.19. The van der Waals surface area contributed by atoms with Gasteiger partial charge in [0, 0.05) is 32.1 Å². The fourth-order valence-electron chi connectivity index (χ4n) is 3.85. The van der Waals surface area contributed by atoms with Crippen LogP contribution in [0.1, 0.15) is 51.4 Å². The van der Waals surface area contributed by atoms with Crippen LogP contribution in [0, 0.1) is 17.8 Å². The van der Waals surface area contributed by atoms with Crippen LogP contribution in [0.4, 0.5) is 0 Å². The predicted molar refractivity (Wildman–Crippen MR) is 89.9 cm³/mol. The number of likely N-dealkylation sites (tertiary alicyclic amines) is 1. The van der Waals surface area contributed by atoms with E-state index in [1.165, 1.54) is 25.7 Å². The summed E-state index contributed by atoms with van der Waals surface area (Å²) in [5.74, 6) is 1.59. The summed E-state index contributed by atoms with van der Waals surface area (Å²) < 4.78 is 0. The molecule has 3 fully saturated rings. The van der Waals surface area contributed by atoms with Gasteiger partial charge in [0.05, 0.1) is 5.92 Å². The molecule has 0 aromatic rings. The molecule has 0 aromatic heterocycles. The molecule has 0 bridgehead atoms. The van der Waals surface area contributed by atoms with E-state index in [0.717, 1.165) is 57.8 Å². The third-order valence-corrected chi connectivity index (χ3v) is 5.59. The zero-order valence-corrected chi connectivity index (χ0v) is 14.2. The van der Waals surface area contributed by atoms with Gasteiger partial charge in [0.1, 0.15) is 0 Å². The molecule has 1 atom stereocenters. The first-order valence-electron chi connectivity index (χ1n) is 9.50. The van der Waals surface area contributed by atoms with Crippen LogP contribution >= 0.6 is 0 Å². The van der Waals surface area contributed by atoms with Gasteiger partial charge in [0.15, 0.2) is 0 Å². The van der Waals surface area contributed by atoms with Crippen LogP contribution < -0.4 is 10.6 Å². The predicted octanol–water partition coefficient (Wildman–Crippen LogP) is 1.53. The molecule has 5 nitrogen and oxygen atoms in total. The van der Waals surface area contributed by atoms with Crippen molar-refractivity contribution in [1.82, 2.24) is 15.5 Å². The van der Waals surface area contributed by atoms with Crippen molar-refractivity contribution in [1.29, 1.82) is 0 Å². The van der Waals surface area contributed by atoms with E-state index in [9.17, 15) is 9.59 Å². The van der Waals surface area contributed by atoms with Crippen LogP contribution in [-0.2, 0) is 9.59 Å². The van der Waals surface area contributed by atoms with Gasteiger partial charge >= 0.3 is 0 Å². The normalized spacial score (nSPS) is 26.2. The topological polar surface area (TPSA) is 61.4 Å². The molecule has 2 amide bonds. The van der Waals surface area contributed by atoms with Crippen LogP contribution in [0.3, 0.4) is 0 Å². The van der Waals surface area contributed by atoms with Crippen LogP contribution in [0.15, 0.2) is 0 Å². The molecule has 130 valence electrons. The highest BCUT2D eigenvalue weighted by molar-refractivity contribution is 5.79. The highest BCUT2D eigenvalue weighted by Crippen LogP contribution is 2.28. The van der Waals surface area contributed by atoms with Crippen molar-refractivity contribution in [3.05, 3.63) is 0 Å². The molecule has 2 N–H and O–H groups in total. The Morgan fingerprint density at radius 1 is 0.870 bits per heavy atom. The number of nitrogens with one attached hydrogen (secondary N) is 2. The molecular weight excluding hydrogens is 290 g/mol. The monoisotopic (exact) mass is 321 g/mol. The van der Waals surface area contributed by atoms with Gasteiger partial charge in [-0.1, -0.05) is 12.8 Å². The summed E-state index contributed by atoms with van der Waals surface area (Å²) in [7, 11) is 0. The summed E-state index contributed by atoms with van der Waals surface area (Å²) in [4.78, 5) is 26.6. The van der Waals surface area contributed by atoms with Gasteiger partial charge in [0.2, 0.25) is 11.8 Å². The summed E-state index contributed by atoms with van der Waals surface area (Å²) in [5.41, 5.74) is 0. The minimum Gasteiger partial charge on any atom is -0.356 e. The highest BCUT2D eigenvalue weighted by Gasteiger charge is 2.28. The summed E-state index contributed by atoms with van der Waals surface area (Å²) >= 11 is 0. The number of amides is 2. The van der Waals surface area contributed by atoms with Gasteiger partial charge in [-0.2, -0.15) is 0 Å². The maximum Gasteiger partial charge on any atom is 0.224 e. The first-order chi connectivity index (χ1) is 11.2. The maximum atomic E-state index is 12.2. The summed E-state index contributed by atoms with van der Waals surface area (Å²) in [6.45, 7) is 4.34. The average molecular weight is 321 g/mol. The fourth-order valence-corrected chi connectivity index (χ4v) is 3.85. The lowest BCUT2D eigenvalue weighted by molar-refractivity contribution is -0.127. The second kappa shape index (κ2) is 8.13. The quantitative estimate of drug-likeness (QED) is 0.747. The Labute approximate surface area is 139 Å². The van der Waals surface area contributed by atoms with Gasteiger partial charge in [-0.25, -0.2) is 0 Å². The molecule has 23 heavy (non-hydrogen) atoms. The molecule has 1 heterocycles. The number of nitrogens with zero attached hydrogens (tertiary/aromatic N) is 1. The van der Waals surface area contributed by atoms with Crippen molar-refractivity contribution in [3.63, 3.8) is 0 Å². The molecule has 5 heteroatoms. The minimum atomic E-state index is 0.132. The Morgan fingerprint density at radius 3 is 2.30 bits per heavy atom. The molecule has 0 spiro atoms. The van der Waals surface area contributed by atoms with Gasteiger partial charge in [-0.05, 0) is 51.0 Å². The zero-order valence-electron chi connectivity index (χ0n) is 14.2. The third kappa shape index (κ3) is 5.20.